The van der Waals surface area contributed by atoms with E-state index < -0.39 is 17.9 Å². The molecule has 1 atom stereocenters. The highest BCUT2D eigenvalue weighted by Gasteiger charge is 2.32. The molecule has 1 saturated heterocycles. The van der Waals surface area contributed by atoms with Crippen LogP contribution in [0.5, 0.6) is 0 Å². The largest absolute Gasteiger partial charge is 0.480 e. The number of carboxylic acid groups (broad SMARTS) is 1. The number of carboxylic acids is 1. The van der Waals surface area contributed by atoms with Crippen molar-refractivity contribution >= 4 is 23.6 Å². The normalized spacial score (nSPS) is 18.0. The minimum Gasteiger partial charge on any atom is -0.480 e. The molecule has 2 amide bonds. The van der Waals surface area contributed by atoms with Crippen molar-refractivity contribution in [2.45, 2.75) is 25.9 Å². The molecule has 0 bridgehead atoms. The van der Waals surface area contributed by atoms with Crippen LogP contribution >= 0.6 is 0 Å². The fraction of sp³-hybridized carbons (Fsp3) is 0.583. The highest BCUT2D eigenvalue weighted by Crippen LogP contribution is 2.09. The van der Waals surface area contributed by atoms with Gasteiger partial charge in [0, 0.05) is 13.0 Å². The zero-order chi connectivity index (χ0) is 16.1. The molecular weight excluding hydrogens is 294 g/mol. The third-order valence-corrected chi connectivity index (χ3v) is 3.16. The van der Waals surface area contributed by atoms with Gasteiger partial charge in [-0.05, 0) is 0 Å². The fourth-order valence-corrected chi connectivity index (χ4v) is 2.00. The van der Waals surface area contributed by atoms with Gasteiger partial charge in [-0.2, -0.15) is 0 Å². The van der Waals surface area contributed by atoms with Crippen molar-refractivity contribution in [1.29, 1.82) is 0 Å². The summed E-state index contributed by atoms with van der Waals surface area (Å²) < 4.78 is 6.33. The predicted molar refractivity (Wildman–Crippen MR) is 72.9 cm³/mol. The number of anilines is 1. The number of hydrogen-bond donors (Lipinski definition) is 2. The number of nitrogens with one attached hydrogen (secondary N) is 1. The predicted octanol–water partition coefficient (Wildman–Crippen LogP) is -1.06. The lowest BCUT2D eigenvalue weighted by molar-refractivity contribution is -0.158. The number of nitrogens with zero attached hydrogens (tertiary/aromatic N) is 4. The maximum atomic E-state index is 12.2. The van der Waals surface area contributed by atoms with Crippen LogP contribution in [-0.4, -0.2) is 68.6 Å². The SMILES string of the molecule is CCC(=O)Nc1cn(CC(=O)N2CCOCC2C(=O)O)nn1. The highest BCUT2D eigenvalue weighted by atomic mass is 16.5. The number of aromatic nitrogens is 3. The van der Waals surface area contributed by atoms with Gasteiger partial charge in [-0.1, -0.05) is 12.1 Å². The molecular formula is C12H17N5O5. The molecule has 120 valence electrons. The van der Waals surface area contributed by atoms with E-state index >= 15 is 0 Å². The lowest BCUT2D eigenvalue weighted by Gasteiger charge is -2.32. The first-order valence-electron chi connectivity index (χ1n) is 6.81. The molecule has 22 heavy (non-hydrogen) atoms. The quantitative estimate of drug-likeness (QED) is 0.709. The summed E-state index contributed by atoms with van der Waals surface area (Å²) in [4.78, 5) is 35.8. The van der Waals surface area contributed by atoms with Gasteiger partial charge in [0.1, 0.15) is 6.54 Å². The van der Waals surface area contributed by atoms with Crippen molar-refractivity contribution in [1.82, 2.24) is 19.9 Å². The number of carbonyl (C=O) groups excluding carboxylic acids is 2. The van der Waals surface area contributed by atoms with E-state index in [1.54, 1.807) is 6.92 Å². The highest BCUT2D eigenvalue weighted by molar-refractivity contribution is 5.89. The summed E-state index contributed by atoms with van der Waals surface area (Å²) in [7, 11) is 0. The molecule has 0 saturated carbocycles. The van der Waals surface area contributed by atoms with Gasteiger partial charge in [0.15, 0.2) is 11.9 Å². The molecule has 0 spiro atoms. The molecule has 10 heteroatoms. The number of ether oxygens (including phenoxy) is 1. The molecule has 2 heterocycles. The van der Waals surface area contributed by atoms with Crippen LogP contribution in [0.15, 0.2) is 6.20 Å². The molecule has 1 unspecified atom stereocenters. The number of rotatable bonds is 5. The van der Waals surface area contributed by atoms with Gasteiger partial charge in [-0.15, -0.1) is 5.10 Å². The Kier molecular flexibility index (Phi) is 5.04. The van der Waals surface area contributed by atoms with Crippen molar-refractivity contribution in [2.24, 2.45) is 0 Å². The smallest absolute Gasteiger partial charge is 0.328 e. The van der Waals surface area contributed by atoms with E-state index in [0.29, 0.717) is 13.0 Å². The first-order chi connectivity index (χ1) is 10.5. The Labute approximate surface area is 126 Å². The summed E-state index contributed by atoms with van der Waals surface area (Å²) in [6.07, 6.45) is 1.72. The molecule has 0 aliphatic carbocycles. The molecule has 1 aromatic heterocycles. The Morgan fingerprint density at radius 3 is 2.95 bits per heavy atom. The van der Waals surface area contributed by atoms with Crippen LogP contribution in [0.25, 0.3) is 0 Å². The summed E-state index contributed by atoms with van der Waals surface area (Å²) in [5, 5.41) is 19.1. The molecule has 0 aromatic carbocycles. The van der Waals surface area contributed by atoms with Gasteiger partial charge in [-0.3, -0.25) is 9.59 Å². The lowest BCUT2D eigenvalue weighted by atomic mass is 10.2. The topological polar surface area (TPSA) is 127 Å². The van der Waals surface area contributed by atoms with Crippen LogP contribution in [0.2, 0.25) is 0 Å². The van der Waals surface area contributed by atoms with Crippen LogP contribution in [0.3, 0.4) is 0 Å². The van der Waals surface area contributed by atoms with Gasteiger partial charge < -0.3 is 20.1 Å². The molecule has 2 N–H and O–H groups in total. The summed E-state index contributed by atoms with van der Waals surface area (Å²) in [5.41, 5.74) is 0. The van der Waals surface area contributed by atoms with Gasteiger partial charge >= 0.3 is 5.97 Å². The molecule has 2 rings (SSSR count). The number of amides is 2. The van der Waals surface area contributed by atoms with Gasteiger partial charge in [0.25, 0.3) is 0 Å². The Hall–Kier alpha value is -2.49. The lowest BCUT2D eigenvalue weighted by Crippen LogP contribution is -2.53. The average molecular weight is 311 g/mol. The number of morpholine rings is 1. The van der Waals surface area contributed by atoms with Gasteiger partial charge in [0.05, 0.1) is 19.4 Å². The van der Waals surface area contributed by atoms with Crippen molar-refractivity contribution in [2.75, 3.05) is 25.1 Å². The minimum absolute atomic E-state index is 0.0315. The zero-order valence-corrected chi connectivity index (χ0v) is 12.1. The van der Waals surface area contributed by atoms with E-state index in [0.717, 1.165) is 0 Å². The third-order valence-electron chi connectivity index (χ3n) is 3.16. The summed E-state index contributed by atoms with van der Waals surface area (Å²) in [5.74, 6) is -1.47. The minimum atomic E-state index is -1.11. The molecule has 0 radical (unpaired) electrons. The zero-order valence-electron chi connectivity index (χ0n) is 12.1. The summed E-state index contributed by atoms with van der Waals surface area (Å²) in [6, 6.07) is -0.996. The van der Waals surface area contributed by atoms with E-state index in [1.165, 1.54) is 15.8 Å². The Balaban J connectivity index is 1.99. The Bertz CT molecular complexity index is 572. The monoisotopic (exact) mass is 311 g/mol. The summed E-state index contributed by atoms with van der Waals surface area (Å²) >= 11 is 0. The second kappa shape index (κ2) is 6.98. The second-order valence-corrected chi connectivity index (χ2v) is 4.72. The van der Waals surface area contributed by atoms with Gasteiger partial charge in [-0.25, -0.2) is 9.48 Å². The van der Waals surface area contributed by atoms with E-state index in [4.69, 9.17) is 9.84 Å². The van der Waals surface area contributed by atoms with Crippen molar-refractivity contribution < 1.29 is 24.2 Å². The Morgan fingerprint density at radius 2 is 2.27 bits per heavy atom. The first-order valence-corrected chi connectivity index (χ1v) is 6.81. The van der Waals surface area contributed by atoms with Crippen LogP contribution in [0.1, 0.15) is 13.3 Å². The maximum absolute atomic E-state index is 12.2. The van der Waals surface area contributed by atoms with Crippen molar-refractivity contribution in [3.8, 4) is 0 Å². The third kappa shape index (κ3) is 3.79. The standard InChI is InChI=1S/C12H17N5O5/c1-2-10(18)13-9-5-16(15-14-9)6-11(19)17-3-4-22-7-8(17)12(20)21/h5,8H,2-4,6-7H2,1H3,(H,13,18)(H,20,21). The van der Waals surface area contributed by atoms with E-state index in [-0.39, 0.29) is 31.4 Å². The Morgan fingerprint density at radius 1 is 1.50 bits per heavy atom. The first kappa shape index (κ1) is 15.9. The second-order valence-electron chi connectivity index (χ2n) is 4.72. The van der Waals surface area contributed by atoms with Gasteiger partial charge in [0.2, 0.25) is 11.8 Å². The van der Waals surface area contributed by atoms with E-state index in [9.17, 15) is 14.4 Å². The molecule has 10 nitrogen and oxygen atoms in total. The van der Waals surface area contributed by atoms with Crippen LogP contribution < -0.4 is 5.32 Å². The molecule has 1 aliphatic rings. The van der Waals surface area contributed by atoms with Crippen LogP contribution in [0.4, 0.5) is 5.82 Å². The number of carbonyl (C=O) groups is 3. The average Bonchev–Trinajstić information content (AvgIpc) is 2.93. The van der Waals surface area contributed by atoms with Crippen LogP contribution in [-0.2, 0) is 25.7 Å². The molecule has 1 aromatic rings. The fourth-order valence-electron chi connectivity index (χ4n) is 2.00. The van der Waals surface area contributed by atoms with Crippen molar-refractivity contribution in [3.05, 3.63) is 6.20 Å². The van der Waals surface area contributed by atoms with Crippen LogP contribution in [0, 0.1) is 0 Å². The number of aliphatic carboxylic acids is 1. The number of hydrogen-bond acceptors (Lipinski definition) is 6. The molecule has 1 fully saturated rings. The molecule has 1 aliphatic heterocycles. The summed E-state index contributed by atoms with van der Waals surface area (Å²) in [6.45, 7) is 2.03. The van der Waals surface area contributed by atoms with E-state index in [1.807, 2.05) is 0 Å². The van der Waals surface area contributed by atoms with Crippen molar-refractivity contribution in [3.63, 3.8) is 0 Å². The maximum Gasteiger partial charge on any atom is 0.328 e. The van der Waals surface area contributed by atoms with E-state index in [2.05, 4.69) is 15.6 Å².